The second-order valence-electron chi connectivity index (χ2n) is 8.68. The average molecular weight is 429 g/mol. The second kappa shape index (κ2) is 8.28. The van der Waals surface area contributed by atoms with Crippen LogP contribution in [0.4, 0.5) is 0 Å². The summed E-state index contributed by atoms with van der Waals surface area (Å²) in [5, 5.41) is 0.554. The largest absolute Gasteiger partial charge is 0.330 e. The third kappa shape index (κ3) is 3.50. The highest BCUT2D eigenvalue weighted by atomic mass is 16.2. The van der Waals surface area contributed by atoms with Gasteiger partial charge in [-0.2, -0.15) is 0 Å². The molecule has 0 aliphatic carbocycles. The van der Waals surface area contributed by atoms with Crippen molar-refractivity contribution in [2.45, 2.75) is 25.8 Å². The lowest BCUT2D eigenvalue weighted by Crippen LogP contribution is -2.36. The number of hydrogen-bond acceptors (Lipinski definition) is 3. The molecule has 1 fully saturated rings. The molecule has 5 rings (SSSR count). The third-order valence-corrected chi connectivity index (χ3v) is 6.56. The molecule has 0 atom stereocenters. The quantitative estimate of drug-likeness (QED) is 0.498. The zero-order chi connectivity index (χ0) is 22.2. The molecular weight excluding hydrogens is 400 g/mol. The molecule has 164 valence electrons. The van der Waals surface area contributed by atoms with Crippen LogP contribution in [-0.2, 0) is 20.6 Å². The van der Waals surface area contributed by atoms with Crippen molar-refractivity contribution < 1.29 is 0 Å². The molecule has 0 N–H and O–H groups in total. The molecule has 6 heteroatoms. The number of aromatic nitrogens is 3. The molecule has 3 heterocycles. The molecular formula is C26H28N4O2. The zero-order valence-electron chi connectivity index (χ0n) is 18.6. The molecule has 0 amide bonds. The van der Waals surface area contributed by atoms with Gasteiger partial charge in [0.25, 0.3) is 5.56 Å². The van der Waals surface area contributed by atoms with Gasteiger partial charge in [0.2, 0.25) is 0 Å². The third-order valence-electron chi connectivity index (χ3n) is 6.56. The molecule has 2 aromatic heterocycles. The highest BCUT2D eigenvalue weighted by Crippen LogP contribution is 2.31. The van der Waals surface area contributed by atoms with Crippen molar-refractivity contribution >= 4 is 10.9 Å². The number of aryl methyl sites for hydroxylation is 1. The first-order valence-electron chi connectivity index (χ1n) is 11.2. The van der Waals surface area contributed by atoms with E-state index in [0.29, 0.717) is 10.9 Å². The second-order valence-corrected chi connectivity index (χ2v) is 8.68. The number of likely N-dealkylation sites (tertiary alicyclic amines) is 1. The van der Waals surface area contributed by atoms with E-state index in [9.17, 15) is 9.59 Å². The first-order chi connectivity index (χ1) is 15.5. The Morgan fingerprint density at radius 3 is 2.19 bits per heavy atom. The number of nitrogens with zero attached hydrogens (tertiary/aromatic N) is 4. The Bertz CT molecular complexity index is 1370. The average Bonchev–Trinajstić information content (AvgIpc) is 3.24. The normalized spacial score (nSPS) is 14.8. The predicted molar refractivity (Wildman–Crippen MR) is 128 cm³/mol. The van der Waals surface area contributed by atoms with Gasteiger partial charge in [-0.3, -0.25) is 18.8 Å². The van der Waals surface area contributed by atoms with E-state index in [4.69, 9.17) is 0 Å². The van der Waals surface area contributed by atoms with Crippen LogP contribution < -0.4 is 11.2 Å². The lowest BCUT2D eigenvalue weighted by molar-refractivity contribution is 0.221. The maximum atomic E-state index is 13.1. The van der Waals surface area contributed by atoms with E-state index in [2.05, 4.69) is 29.2 Å². The van der Waals surface area contributed by atoms with Gasteiger partial charge in [0, 0.05) is 32.5 Å². The van der Waals surface area contributed by atoms with Gasteiger partial charge < -0.3 is 4.57 Å². The van der Waals surface area contributed by atoms with Crippen molar-refractivity contribution in [2.75, 3.05) is 13.1 Å². The van der Waals surface area contributed by atoms with E-state index in [1.54, 1.807) is 11.6 Å². The SMILES string of the molecule is Cn1c(=O)c2c(-c3ccccc3)n(-c3ccc(CN4CCCCC4)cc3)cc2n(C)c1=O. The minimum atomic E-state index is -0.323. The number of rotatable bonds is 4. The van der Waals surface area contributed by atoms with Gasteiger partial charge in [0.05, 0.1) is 16.6 Å². The fourth-order valence-electron chi connectivity index (χ4n) is 4.76. The molecule has 2 aromatic carbocycles. The summed E-state index contributed by atoms with van der Waals surface area (Å²) in [4.78, 5) is 28.2. The number of piperidine rings is 1. The van der Waals surface area contributed by atoms with Crippen LogP contribution in [0.25, 0.3) is 27.8 Å². The summed E-state index contributed by atoms with van der Waals surface area (Å²) in [6.45, 7) is 3.30. The summed E-state index contributed by atoms with van der Waals surface area (Å²) < 4.78 is 4.76. The van der Waals surface area contributed by atoms with Crippen molar-refractivity contribution in [2.24, 2.45) is 14.1 Å². The van der Waals surface area contributed by atoms with E-state index < -0.39 is 0 Å². The molecule has 0 radical (unpaired) electrons. The number of fused-ring (bicyclic) bond motifs is 1. The Kier molecular flexibility index (Phi) is 5.31. The zero-order valence-corrected chi connectivity index (χ0v) is 18.6. The lowest BCUT2D eigenvalue weighted by atomic mass is 10.1. The predicted octanol–water partition coefficient (Wildman–Crippen LogP) is 3.68. The number of hydrogen-bond donors (Lipinski definition) is 0. The van der Waals surface area contributed by atoms with Gasteiger partial charge in [-0.1, -0.05) is 48.9 Å². The molecule has 0 bridgehead atoms. The smallest absolute Gasteiger partial charge is 0.314 e. The topological polar surface area (TPSA) is 52.2 Å². The molecule has 0 spiro atoms. The summed E-state index contributed by atoms with van der Waals surface area (Å²) >= 11 is 0. The van der Waals surface area contributed by atoms with Gasteiger partial charge in [0.15, 0.2) is 0 Å². The maximum Gasteiger partial charge on any atom is 0.330 e. The van der Waals surface area contributed by atoms with Crippen LogP contribution in [-0.4, -0.2) is 31.7 Å². The summed E-state index contributed by atoms with van der Waals surface area (Å²) in [5.74, 6) is 0. The molecule has 6 nitrogen and oxygen atoms in total. The molecule has 32 heavy (non-hydrogen) atoms. The Morgan fingerprint density at radius 2 is 1.50 bits per heavy atom. The Labute approximate surface area is 187 Å². The highest BCUT2D eigenvalue weighted by molar-refractivity contribution is 5.94. The van der Waals surface area contributed by atoms with Crippen molar-refractivity contribution in [3.63, 3.8) is 0 Å². The minimum Gasteiger partial charge on any atom is -0.314 e. The summed E-state index contributed by atoms with van der Waals surface area (Å²) in [6, 6.07) is 18.4. The van der Waals surface area contributed by atoms with Crippen LogP contribution in [0.15, 0.2) is 70.4 Å². The van der Waals surface area contributed by atoms with Gasteiger partial charge in [0.1, 0.15) is 0 Å². The fraction of sp³-hybridized carbons (Fsp3) is 0.308. The molecule has 1 aliphatic heterocycles. The van der Waals surface area contributed by atoms with Crippen LogP contribution in [0.1, 0.15) is 24.8 Å². The van der Waals surface area contributed by atoms with Crippen molar-refractivity contribution in [3.8, 4) is 16.9 Å². The Balaban J connectivity index is 1.65. The Hall–Kier alpha value is -3.38. The highest BCUT2D eigenvalue weighted by Gasteiger charge is 2.20. The van der Waals surface area contributed by atoms with Crippen LogP contribution in [0.3, 0.4) is 0 Å². The molecule has 1 aliphatic rings. The van der Waals surface area contributed by atoms with Gasteiger partial charge in [-0.25, -0.2) is 4.79 Å². The molecule has 0 saturated carbocycles. The standard InChI is InChI=1S/C26H28N4O2/c1-27-22-18-30(21-13-11-19(12-14-21)17-29-15-7-4-8-16-29)24(20-9-5-3-6-10-20)23(22)25(31)28(2)26(27)32/h3,5-6,9-14,18H,4,7-8,15-17H2,1-2H3. The van der Waals surface area contributed by atoms with E-state index in [1.165, 1.54) is 49.5 Å². The van der Waals surface area contributed by atoms with E-state index >= 15 is 0 Å². The molecule has 4 aromatic rings. The number of benzene rings is 2. The van der Waals surface area contributed by atoms with Crippen LogP contribution in [0, 0.1) is 0 Å². The minimum absolute atomic E-state index is 0.276. The van der Waals surface area contributed by atoms with Crippen LogP contribution in [0.5, 0.6) is 0 Å². The molecule has 0 unspecified atom stereocenters. The summed E-state index contributed by atoms with van der Waals surface area (Å²) in [7, 11) is 3.25. The van der Waals surface area contributed by atoms with Gasteiger partial charge >= 0.3 is 5.69 Å². The lowest BCUT2D eigenvalue weighted by Gasteiger charge is -2.26. The maximum absolute atomic E-state index is 13.1. The monoisotopic (exact) mass is 428 g/mol. The van der Waals surface area contributed by atoms with Crippen LogP contribution in [0.2, 0.25) is 0 Å². The van der Waals surface area contributed by atoms with E-state index in [1.807, 2.05) is 41.1 Å². The fourth-order valence-corrected chi connectivity index (χ4v) is 4.76. The first kappa shape index (κ1) is 20.5. The Morgan fingerprint density at radius 1 is 0.812 bits per heavy atom. The first-order valence-corrected chi connectivity index (χ1v) is 11.2. The summed E-state index contributed by atoms with van der Waals surface area (Å²) in [6.07, 6.45) is 5.80. The van der Waals surface area contributed by atoms with Crippen molar-refractivity contribution in [3.05, 3.63) is 87.2 Å². The van der Waals surface area contributed by atoms with Crippen molar-refractivity contribution in [1.29, 1.82) is 0 Å². The molecule has 1 saturated heterocycles. The summed E-state index contributed by atoms with van der Waals surface area (Å²) in [5.41, 5.74) is 4.04. The van der Waals surface area contributed by atoms with E-state index in [0.717, 1.165) is 23.5 Å². The van der Waals surface area contributed by atoms with E-state index in [-0.39, 0.29) is 11.2 Å². The van der Waals surface area contributed by atoms with Gasteiger partial charge in [-0.15, -0.1) is 0 Å². The van der Waals surface area contributed by atoms with Crippen LogP contribution >= 0.6 is 0 Å². The van der Waals surface area contributed by atoms with Crippen molar-refractivity contribution in [1.82, 2.24) is 18.6 Å². The van der Waals surface area contributed by atoms with Gasteiger partial charge in [-0.05, 0) is 49.2 Å².